The van der Waals surface area contributed by atoms with Gasteiger partial charge in [-0.1, -0.05) is 24.3 Å². The Bertz CT molecular complexity index is 1290. The van der Waals surface area contributed by atoms with Gasteiger partial charge in [0.1, 0.15) is 0 Å². The zero-order valence-electron chi connectivity index (χ0n) is 18.5. The fourth-order valence-corrected chi connectivity index (χ4v) is 3.15. The van der Waals surface area contributed by atoms with Gasteiger partial charge in [-0.2, -0.15) is 18.3 Å². The second kappa shape index (κ2) is 9.77. The standard InChI is InChI=1S/C23H22F3N5O3/c1-13(2)27-22(34)29-17-10-6-5-9-16(17)28-21(33)20-19(32)12-14(3)31(30-20)18-11-7-4-8-15(18)23(24,25)26/h4-13H,1-3H3,(H,28,33)(H2,27,29,34). The van der Waals surface area contributed by atoms with Crippen molar-refractivity contribution in [1.82, 2.24) is 15.1 Å². The number of rotatable bonds is 5. The Balaban J connectivity index is 1.97. The Kier molecular flexibility index (Phi) is 7.04. The van der Waals surface area contributed by atoms with Crippen LogP contribution in [0.2, 0.25) is 0 Å². The Hall–Kier alpha value is -4.15. The summed E-state index contributed by atoms with van der Waals surface area (Å²) in [5.41, 5.74) is -2.12. The molecule has 0 atom stereocenters. The van der Waals surface area contributed by atoms with Crippen molar-refractivity contribution in [1.29, 1.82) is 0 Å². The zero-order chi connectivity index (χ0) is 25.0. The van der Waals surface area contributed by atoms with E-state index in [4.69, 9.17) is 0 Å². The number of aromatic nitrogens is 2. The highest BCUT2D eigenvalue weighted by Crippen LogP contribution is 2.33. The molecule has 8 nitrogen and oxygen atoms in total. The normalized spacial score (nSPS) is 11.3. The molecule has 0 radical (unpaired) electrons. The molecule has 3 aromatic rings. The molecular formula is C23H22F3N5O3. The van der Waals surface area contributed by atoms with Gasteiger partial charge in [0, 0.05) is 17.8 Å². The van der Waals surface area contributed by atoms with E-state index in [2.05, 4.69) is 21.0 Å². The Labute approximate surface area is 192 Å². The van der Waals surface area contributed by atoms with Gasteiger partial charge < -0.3 is 16.0 Å². The lowest BCUT2D eigenvalue weighted by Gasteiger charge is -2.17. The minimum atomic E-state index is -4.67. The Morgan fingerprint density at radius 3 is 2.18 bits per heavy atom. The molecule has 3 amide bonds. The topological polar surface area (TPSA) is 105 Å². The number of hydrogen-bond acceptors (Lipinski definition) is 4. The molecule has 0 fully saturated rings. The van der Waals surface area contributed by atoms with E-state index in [9.17, 15) is 27.6 Å². The number of halogens is 3. The zero-order valence-corrected chi connectivity index (χ0v) is 18.5. The van der Waals surface area contributed by atoms with Crippen molar-refractivity contribution >= 4 is 23.3 Å². The largest absolute Gasteiger partial charge is 0.418 e. The third kappa shape index (κ3) is 5.61. The Morgan fingerprint density at radius 1 is 0.971 bits per heavy atom. The third-order valence-electron chi connectivity index (χ3n) is 4.60. The van der Waals surface area contributed by atoms with Crippen LogP contribution in [0.1, 0.15) is 35.6 Å². The first-order chi connectivity index (χ1) is 16.0. The molecule has 0 bridgehead atoms. The van der Waals surface area contributed by atoms with Crippen LogP contribution >= 0.6 is 0 Å². The molecule has 0 saturated carbocycles. The maximum atomic E-state index is 13.5. The SMILES string of the molecule is Cc1cc(=O)c(C(=O)Nc2ccccc2NC(=O)NC(C)C)nn1-c1ccccc1C(F)(F)F. The monoisotopic (exact) mass is 473 g/mol. The van der Waals surface area contributed by atoms with Gasteiger partial charge in [-0.15, -0.1) is 0 Å². The number of nitrogens with zero attached hydrogens (tertiary/aromatic N) is 2. The van der Waals surface area contributed by atoms with E-state index in [-0.39, 0.29) is 28.8 Å². The van der Waals surface area contributed by atoms with Crippen LogP contribution in [0, 0.1) is 6.92 Å². The third-order valence-corrected chi connectivity index (χ3v) is 4.60. The number of anilines is 2. The van der Waals surface area contributed by atoms with E-state index in [0.29, 0.717) is 0 Å². The second-order valence-corrected chi connectivity index (χ2v) is 7.68. The maximum absolute atomic E-state index is 13.5. The van der Waals surface area contributed by atoms with Crippen molar-refractivity contribution in [3.63, 3.8) is 0 Å². The van der Waals surface area contributed by atoms with Crippen LogP contribution in [0.25, 0.3) is 5.69 Å². The molecular weight excluding hydrogens is 451 g/mol. The molecule has 1 aromatic heterocycles. The van der Waals surface area contributed by atoms with Crippen LogP contribution in [0.5, 0.6) is 0 Å². The predicted molar refractivity (Wildman–Crippen MR) is 121 cm³/mol. The Morgan fingerprint density at radius 2 is 1.56 bits per heavy atom. The van der Waals surface area contributed by atoms with Crippen molar-refractivity contribution in [2.75, 3.05) is 10.6 Å². The summed E-state index contributed by atoms with van der Waals surface area (Å²) < 4.78 is 41.4. The van der Waals surface area contributed by atoms with Crippen LogP contribution in [0.3, 0.4) is 0 Å². The molecule has 3 N–H and O–H groups in total. The van der Waals surface area contributed by atoms with Crippen LogP contribution in [-0.4, -0.2) is 27.8 Å². The van der Waals surface area contributed by atoms with Gasteiger partial charge in [0.25, 0.3) is 5.91 Å². The van der Waals surface area contributed by atoms with E-state index in [0.717, 1.165) is 16.8 Å². The summed E-state index contributed by atoms with van der Waals surface area (Å²) in [5.74, 6) is -0.943. The number of nitrogens with one attached hydrogen (secondary N) is 3. The fourth-order valence-electron chi connectivity index (χ4n) is 3.15. The van der Waals surface area contributed by atoms with Gasteiger partial charge in [-0.05, 0) is 45.0 Å². The number of hydrogen-bond donors (Lipinski definition) is 3. The molecule has 0 spiro atoms. The highest BCUT2D eigenvalue weighted by Gasteiger charge is 2.34. The number of aryl methyl sites for hydroxylation is 1. The highest BCUT2D eigenvalue weighted by molar-refractivity contribution is 6.06. The van der Waals surface area contributed by atoms with Gasteiger partial charge in [-0.25, -0.2) is 9.48 Å². The second-order valence-electron chi connectivity index (χ2n) is 7.68. The first-order valence-corrected chi connectivity index (χ1v) is 10.2. The van der Waals surface area contributed by atoms with Crippen LogP contribution in [-0.2, 0) is 6.18 Å². The summed E-state index contributed by atoms with van der Waals surface area (Å²) in [4.78, 5) is 37.4. The van der Waals surface area contributed by atoms with Crippen LogP contribution < -0.4 is 21.4 Å². The number of amides is 3. The molecule has 2 aromatic carbocycles. The van der Waals surface area contributed by atoms with Gasteiger partial charge in [0.2, 0.25) is 5.43 Å². The lowest BCUT2D eigenvalue weighted by molar-refractivity contribution is -0.137. The molecule has 3 rings (SSSR count). The van der Waals surface area contributed by atoms with E-state index < -0.39 is 34.8 Å². The molecule has 0 aliphatic heterocycles. The van der Waals surface area contributed by atoms with E-state index in [1.54, 1.807) is 26.0 Å². The number of carbonyl (C=O) groups is 2. The van der Waals surface area contributed by atoms with Gasteiger partial charge in [0.05, 0.1) is 22.6 Å². The maximum Gasteiger partial charge on any atom is 0.418 e. The van der Waals surface area contributed by atoms with E-state index in [1.165, 1.54) is 37.3 Å². The molecule has 0 aliphatic carbocycles. The minimum absolute atomic E-state index is 0.116. The van der Waals surface area contributed by atoms with Crippen molar-refractivity contribution in [3.05, 3.63) is 81.8 Å². The van der Waals surface area contributed by atoms with Gasteiger partial charge >= 0.3 is 12.2 Å². The fraction of sp³-hybridized carbons (Fsp3) is 0.217. The van der Waals surface area contributed by atoms with Crippen molar-refractivity contribution in [2.45, 2.75) is 33.0 Å². The van der Waals surface area contributed by atoms with Gasteiger partial charge in [0.15, 0.2) is 5.69 Å². The van der Waals surface area contributed by atoms with Gasteiger partial charge in [-0.3, -0.25) is 9.59 Å². The molecule has 1 heterocycles. The molecule has 11 heteroatoms. The summed E-state index contributed by atoms with van der Waals surface area (Å²) in [6.45, 7) is 4.96. The molecule has 34 heavy (non-hydrogen) atoms. The number of benzene rings is 2. The summed E-state index contributed by atoms with van der Waals surface area (Å²) in [6, 6.07) is 11.4. The summed E-state index contributed by atoms with van der Waals surface area (Å²) >= 11 is 0. The summed E-state index contributed by atoms with van der Waals surface area (Å²) in [6.07, 6.45) is -4.67. The first kappa shape index (κ1) is 24.5. The molecule has 0 aliphatic rings. The smallest absolute Gasteiger partial charge is 0.336 e. The van der Waals surface area contributed by atoms with Crippen LogP contribution in [0.4, 0.5) is 29.3 Å². The number of urea groups is 1. The molecule has 178 valence electrons. The van der Waals surface area contributed by atoms with E-state index >= 15 is 0 Å². The van der Waals surface area contributed by atoms with Crippen LogP contribution in [0.15, 0.2) is 59.4 Å². The van der Waals surface area contributed by atoms with Crippen molar-refractivity contribution < 1.29 is 22.8 Å². The predicted octanol–water partition coefficient (Wildman–Crippen LogP) is 4.34. The highest BCUT2D eigenvalue weighted by atomic mass is 19.4. The average molecular weight is 473 g/mol. The number of alkyl halides is 3. The summed E-state index contributed by atoms with van der Waals surface area (Å²) in [7, 11) is 0. The lowest BCUT2D eigenvalue weighted by Crippen LogP contribution is -2.34. The number of para-hydroxylation sites is 3. The summed E-state index contributed by atoms with van der Waals surface area (Å²) in [5, 5.41) is 11.7. The number of carbonyl (C=O) groups excluding carboxylic acids is 2. The first-order valence-electron chi connectivity index (χ1n) is 10.2. The average Bonchev–Trinajstić information content (AvgIpc) is 2.74. The minimum Gasteiger partial charge on any atom is -0.336 e. The van der Waals surface area contributed by atoms with Crippen molar-refractivity contribution in [2.24, 2.45) is 0 Å². The quantitative estimate of drug-likeness (QED) is 0.513. The molecule has 0 saturated heterocycles. The lowest BCUT2D eigenvalue weighted by atomic mass is 10.1. The molecule has 0 unspecified atom stereocenters. The van der Waals surface area contributed by atoms with E-state index in [1.807, 2.05) is 0 Å². The van der Waals surface area contributed by atoms with Crippen molar-refractivity contribution in [3.8, 4) is 5.69 Å².